The Bertz CT molecular complexity index is 645. The van der Waals surface area contributed by atoms with Gasteiger partial charge < -0.3 is 15.5 Å². The van der Waals surface area contributed by atoms with Crippen LogP contribution in [-0.4, -0.2) is 46.7 Å². The molecule has 6 nitrogen and oxygen atoms in total. The molecule has 3 rings (SSSR count). The van der Waals surface area contributed by atoms with Crippen molar-refractivity contribution in [3.63, 3.8) is 0 Å². The third-order valence-corrected chi connectivity index (χ3v) is 5.27. The lowest BCUT2D eigenvalue weighted by Gasteiger charge is -2.39. The van der Waals surface area contributed by atoms with E-state index in [0.29, 0.717) is 12.6 Å². The number of H-pyrrole nitrogens is 1. The van der Waals surface area contributed by atoms with Crippen LogP contribution >= 0.6 is 0 Å². The molecule has 2 aromatic heterocycles. The van der Waals surface area contributed by atoms with Gasteiger partial charge in [-0.15, -0.1) is 0 Å². The molecular weight excluding hydrogens is 326 g/mol. The summed E-state index contributed by atoms with van der Waals surface area (Å²) < 4.78 is 5.40. The number of aromatic amines is 1. The summed E-state index contributed by atoms with van der Waals surface area (Å²) in [6.45, 7) is 2.43. The van der Waals surface area contributed by atoms with E-state index >= 15 is 0 Å². The van der Waals surface area contributed by atoms with Gasteiger partial charge in [0.1, 0.15) is 5.82 Å². The maximum atomic E-state index is 5.75. The van der Waals surface area contributed by atoms with Crippen molar-refractivity contribution in [3.05, 3.63) is 47.8 Å². The summed E-state index contributed by atoms with van der Waals surface area (Å²) in [4.78, 5) is 15.2. The van der Waals surface area contributed by atoms with E-state index in [-0.39, 0.29) is 6.04 Å². The van der Waals surface area contributed by atoms with Crippen molar-refractivity contribution in [2.24, 2.45) is 5.73 Å². The molecule has 0 aromatic carbocycles. The number of hydrogen-bond donors (Lipinski definition) is 2. The largest absolute Gasteiger partial charge is 0.385 e. The van der Waals surface area contributed by atoms with E-state index in [4.69, 9.17) is 15.5 Å². The number of nitrogens with one attached hydrogen (secondary N) is 1. The van der Waals surface area contributed by atoms with E-state index in [0.717, 1.165) is 51.0 Å². The molecule has 0 spiro atoms. The third kappa shape index (κ3) is 4.50. The van der Waals surface area contributed by atoms with Crippen molar-refractivity contribution >= 4 is 0 Å². The number of ether oxygens (including phenoxy) is 1. The predicted molar refractivity (Wildman–Crippen MR) is 103 cm³/mol. The molecule has 0 fully saturated rings. The van der Waals surface area contributed by atoms with Crippen molar-refractivity contribution in [3.8, 4) is 0 Å². The van der Waals surface area contributed by atoms with Gasteiger partial charge in [0.2, 0.25) is 0 Å². The summed E-state index contributed by atoms with van der Waals surface area (Å²) in [5.74, 6) is 1.01. The Hall–Kier alpha value is -1.76. The zero-order valence-electron chi connectivity index (χ0n) is 15.7. The topological polar surface area (TPSA) is 80.1 Å². The van der Waals surface area contributed by atoms with Gasteiger partial charge in [0.15, 0.2) is 0 Å². The molecule has 1 aliphatic rings. The van der Waals surface area contributed by atoms with Crippen LogP contribution in [0.1, 0.15) is 61.3 Å². The smallest absolute Gasteiger partial charge is 0.123 e. The van der Waals surface area contributed by atoms with Crippen LogP contribution in [0.3, 0.4) is 0 Å². The van der Waals surface area contributed by atoms with E-state index in [9.17, 15) is 0 Å². The minimum atomic E-state index is 0.195. The van der Waals surface area contributed by atoms with E-state index in [1.165, 1.54) is 17.7 Å². The molecule has 0 aliphatic heterocycles. The van der Waals surface area contributed by atoms with Gasteiger partial charge in [0.25, 0.3) is 0 Å². The molecule has 0 radical (unpaired) electrons. The van der Waals surface area contributed by atoms with E-state index in [1.807, 2.05) is 18.6 Å². The number of unbranched alkanes of at least 4 members (excludes halogenated alkanes) is 1. The molecule has 2 atom stereocenters. The first-order chi connectivity index (χ1) is 12.8. The fourth-order valence-electron chi connectivity index (χ4n) is 4.02. The Morgan fingerprint density at radius 3 is 3.04 bits per heavy atom. The van der Waals surface area contributed by atoms with E-state index in [1.54, 1.807) is 7.11 Å². The average Bonchev–Trinajstić information content (AvgIpc) is 3.21. The predicted octanol–water partition coefficient (Wildman–Crippen LogP) is 3.00. The first-order valence-electron chi connectivity index (χ1n) is 9.73. The van der Waals surface area contributed by atoms with Gasteiger partial charge in [-0.2, -0.15) is 0 Å². The standard InChI is InChI=1S/C20H31N5O/c1-26-15-9-18(20-23-12-13-24-20)25(14-3-2-10-21)17-8-4-6-16-7-5-11-22-19(16)17/h5,7,11-13,17-18H,2-4,6,8-10,14-15,21H2,1H3,(H,23,24). The monoisotopic (exact) mass is 357 g/mol. The number of hydrogen-bond acceptors (Lipinski definition) is 5. The summed E-state index contributed by atoms with van der Waals surface area (Å²) >= 11 is 0. The van der Waals surface area contributed by atoms with Gasteiger partial charge in [0, 0.05) is 32.3 Å². The maximum absolute atomic E-state index is 5.75. The summed E-state index contributed by atoms with van der Waals surface area (Å²) in [6, 6.07) is 4.80. The fraction of sp³-hybridized carbons (Fsp3) is 0.600. The third-order valence-electron chi connectivity index (χ3n) is 5.27. The second kappa shape index (κ2) is 9.80. The van der Waals surface area contributed by atoms with Crippen LogP contribution in [0.4, 0.5) is 0 Å². The molecule has 26 heavy (non-hydrogen) atoms. The second-order valence-electron chi connectivity index (χ2n) is 6.96. The van der Waals surface area contributed by atoms with Crippen molar-refractivity contribution < 1.29 is 4.74 Å². The first kappa shape index (κ1) is 19.0. The molecular formula is C20H31N5O. The Morgan fingerprint density at radius 2 is 2.27 bits per heavy atom. The van der Waals surface area contributed by atoms with Crippen molar-refractivity contribution in [1.29, 1.82) is 0 Å². The lowest BCUT2D eigenvalue weighted by Crippen LogP contribution is -2.37. The summed E-state index contributed by atoms with van der Waals surface area (Å²) in [5.41, 5.74) is 8.37. The number of aromatic nitrogens is 3. The lowest BCUT2D eigenvalue weighted by molar-refractivity contribution is 0.0783. The molecule has 0 saturated heterocycles. The number of imidazole rings is 1. The fourth-order valence-corrected chi connectivity index (χ4v) is 4.02. The summed E-state index contributed by atoms with van der Waals surface area (Å²) in [7, 11) is 1.76. The highest BCUT2D eigenvalue weighted by molar-refractivity contribution is 5.26. The molecule has 0 bridgehead atoms. The molecule has 3 N–H and O–H groups in total. The number of methoxy groups -OCH3 is 1. The Kier molecular flexibility index (Phi) is 7.17. The van der Waals surface area contributed by atoms with Crippen LogP contribution in [0.15, 0.2) is 30.7 Å². The lowest BCUT2D eigenvalue weighted by atomic mass is 9.89. The van der Waals surface area contributed by atoms with Gasteiger partial charge in [0.05, 0.1) is 17.8 Å². The van der Waals surface area contributed by atoms with Crippen molar-refractivity contribution in [2.45, 2.75) is 50.6 Å². The highest BCUT2D eigenvalue weighted by Gasteiger charge is 2.33. The number of fused-ring (bicyclic) bond motifs is 1. The number of aryl methyl sites for hydroxylation is 1. The molecule has 142 valence electrons. The maximum Gasteiger partial charge on any atom is 0.123 e. The molecule has 1 aliphatic carbocycles. The molecule has 2 heterocycles. The summed E-state index contributed by atoms with van der Waals surface area (Å²) in [6.07, 6.45) is 12.1. The highest BCUT2D eigenvalue weighted by Crippen LogP contribution is 2.38. The molecule has 2 aromatic rings. The molecule has 0 amide bonds. The first-order valence-corrected chi connectivity index (χ1v) is 9.73. The Labute approximate surface area is 156 Å². The number of pyridine rings is 1. The van der Waals surface area contributed by atoms with Gasteiger partial charge >= 0.3 is 0 Å². The van der Waals surface area contributed by atoms with Crippen LogP contribution in [0.2, 0.25) is 0 Å². The second-order valence-corrected chi connectivity index (χ2v) is 6.96. The minimum absolute atomic E-state index is 0.195. The molecule has 2 unspecified atom stereocenters. The number of nitrogens with two attached hydrogens (primary N) is 1. The van der Waals surface area contributed by atoms with Crippen LogP contribution in [0.25, 0.3) is 0 Å². The average molecular weight is 358 g/mol. The van der Waals surface area contributed by atoms with Crippen LogP contribution < -0.4 is 5.73 Å². The normalized spacial score (nSPS) is 18.0. The Morgan fingerprint density at radius 1 is 1.35 bits per heavy atom. The van der Waals surface area contributed by atoms with Crippen LogP contribution in [-0.2, 0) is 11.2 Å². The van der Waals surface area contributed by atoms with Crippen molar-refractivity contribution in [2.75, 3.05) is 26.8 Å². The van der Waals surface area contributed by atoms with Crippen LogP contribution in [0, 0.1) is 0 Å². The summed E-state index contributed by atoms with van der Waals surface area (Å²) in [5, 5.41) is 0. The quantitative estimate of drug-likeness (QED) is 0.639. The highest BCUT2D eigenvalue weighted by atomic mass is 16.5. The van der Waals surface area contributed by atoms with Crippen molar-refractivity contribution in [1.82, 2.24) is 19.9 Å². The van der Waals surface area contributed by atoms with E-state index in [2.05, 4.69) is 27.0 Å². The zero-order valence-corrected chi connectivity index (χ0v) is 15.7. The van der Waals surface area contributed by atoms with Gasteiger partial charge in [-0.1, -0.05) is 6.07 Å². The minimum Gasteiger partial charge on any atom is -0.385 e. The Balaban J connectivity index is 1.90. The van der Waals surface area contributed by atoms with Crippen LogP contribution in [0.5, 0.6) is 0 Å². The number of nitrogens with zero attached hydrogens (tertiary/aromatic N) is 3. The number of rotatable bonds is 10. The molecule has 0 saturated carbocycles. The van der Waals surface area contributed by atoms with E-state index < -0.39 is 0 Å². The van der Waals surface area contributed by atoms with Gasteiger partial charge in [-0.05, 0) is 63.2 Å². The van der Waals surface area contributed by atoms with Gasteiger partial charge in [-0.25, -0.2) is 4.98 Å². The molecule has 6 heteroatoms. The van der Waals surface area contributed by atoms with Gasteiger partial charge in [-0.3, -0.25) is 9.88 Å². The zero-order chi connectivity index (χ0) is 18.2. The SMILES string of the molecule is COCCC(c1ncc[nH]1)N(CCCCN)C1CCCc2cccnc21.